The zero-order valence-corrected chi connectivity index (χ0v) is 11.3. The molecular weight excluding hydrogens is 244 g/mol. The summed E-state index contributed by atoms with van der Waals surface area (Å²) >= 11 is 0. The van der Waals surface area contributed by atoms with E-state index in [1.165, 1.54) is 0 Å². The van der Waals surface area contributed by atoms with Gasteiger partial charge in [0.15, 0.2) is 5.58 Å². The van der Waals surface area contributed by atoms with E-state index in [9.17, 15) is 4.79 Å². The van der Waals surface area contributed by atoms with Gasteiger partial charge < -0.3 is 20.4 Å². The van der Waals surface area contributed by atoms with Crippen molar-refractivity contribution in [2.75, 3.05) is 38.2 Å². The van der Waals surface area contributed by atoms with Crippen LogP contribution in [0.5, 0.6) is 0 Å². The van der Waals surface area contributed by atoms with Crippen molar-refractivity contribution >= 4 is 22.5 Å². The third kappa shape index (κ3) is 3.51. The number of benzene rings is 1. The number of H-pyrrole nitrogens is 1. The van der Waals surface area contributed by atoms with Gasteiger partial charge in [0.05, 0.1) is 16.9 Å². The summed E-state index contributed by atoms with van der Waals surface area (Å²) in [4.78, 5) is 15.9. The number of hydrogen-bond donors (Lipinski definition) is 3. The quantitative estimate of drug-likeness (QED) is 0.543. The lowest BCUT2D eigenvalue weighted by atomic mass is 10.2. The molecule has 1 aromatic carbocycles. The minimum Gasteiger partial charge on any atom is -0.408 e. The third-order valence-electron chi connectivity index (χ3n) is 2.94. The van der Waals surface area contributed by atoms with Crippen LogP contribution in [0.2, 0.25) is 0 Å². The Bertz CT molecular complexity index is 600. The second-order valence-corrected chi connectivity index (χ2v) is 4.89. The number of aromatic amines is 1. The van der Waals surface area contributed by atoms with E-state index in [1.54, 1.807) is 6.07 Å². The zero-order chi connectivity index (χ0) is 13.8. The predicted molar refractivity (Wildman–Crippen MR) is 77.5 cm³/mol. The summed E-state index contributed by atoms with van der Waals surface area (Å²) in [5.41, 5.74) is 8.48. The second kappa shape index (κ2) is 5.79. The zero-order valence-electron chi connectivity index (χ0n) is 11.3. The lowest BCUT2D eigenvalue weighted by molar-refractivity contribution is 0.396. The average molecular weight is 264 g/mol. The highest BCUT2D eigenvalue weighted by Crippen LogP contribution is 2.24. The summed E-state index contributed by atoms with van der Waals surface area (Å²) in [7, 11) is 4.13. The molecule has 0 spiro atoms. The summed E-state index contributed by atoms with van der Waals surface area (Å²) in [5.74, 6) is -0.461. The Morgan fingerprint density at radius 3 is 2.89 bits per heavy atom. The minimum atomic E-state index is -0.461. The first-order valence-corrected chi connectivity index (χ1v) is 6.37. The lowest BCUT2D eigenvalue weighted by Gasteiger charge is -2.11. The molecule has 0 bridgehead atoms. The molecule has 0 fully saturated rings. The van der Waals surface area contributed by atoms with Gasteiger partial charge in [0.25, 0.3) is 0 Å². The molecule has 0 aliphatic heterocycles. The fraction of sp³-hybridized carbons (Fsp3) is 0.462. The monoisotopic (exact) mass is 264 g/mol. The number of nitrogens with one attached hydrogen (secondary N) is 2. The molecule has 0 aliphatic carbocycles. The van der Waals surface area contributed by atoms with Crippen LogP contribution >= 0.6 is 0 Å². The number of anilines is 2. The van der Waals surface area contributed by atoms with Crippen LogP contribution in [0.25, 0.3) is 11.1 Å². The number of oxazole rings is 1. The summed E-state index contributed by atoms with van der Waals surface area (Å²) < 4.78 is 4.95. The van der Waals surface area contributed by atoms with Crippen molar-refractivity contribution in [2.45, 2.75) is 12.8 Å². The largest absolute Gasteiger partial charge is 0.417 e. The van der Waals surface area contributed by atoms with Crippen LogP contribution < -0.4 is 16.8 Å². The number of aromatic nitrogens is 1. The molecule has 0 saturated carbocycles. The topological polar surface area (TPSA) is 87.3 Å². The molecule has 0 unspecified atom stereocenters. The number of unbranched alkanes of at least 4 members (excludes halogenated alkanes) is 1. The molecule has 2 aromatic rings. The molecule has 0 aliphatic rings. The van der Waals surface area contributed by atoms with Gasteiger partial charge in [-0.15, -0.1) is 0 Å². The maximum absolute atomic E-state index is 11.1. The molecule has 1 heterocycles. The van der Waals surface area contributed by atoms with Gasteiger partial charge in [0.1, 0.15) is 0 Å². The normalized spacial score (nSPS) is 11.3. The van der Waals surface area contributed by atoms with E-state index in [0.717, 1.165) is 31.6 Å². The number of fused-ring (bicyclic) bond motifs is 1. The predicted octanol–water partition coefficient (Wildman–Crippen LogP) is 1.46. The van der Waals surface area contributed by atoms with Crippen LogP contribution in [-0.2, 0) is 0 Å². The van der Waals surface area contributed by atoms with Crippen LogP contribution in [0.15, 0.2) is 21.3 Å². The first-order valence-electron chi connectivity index (χ1n) is 6.37. The average Bonchev–Trinajstić information content (AvgIpc) is 2.67. The molecule has 104 valence electrons. The molecule has 0 amide bonds. The molecular formula is C13H20N4O2. The van der Waals surface area contributed by atoms with Gasteiger partial charge in [-0.1, -0.05) is 0 Å². The molecule has 0 atom stereocenters. The smallest absolute Gasteiger partial charge is 0.408 e. The van der Waals surface area contributed by atoms with Crippen LogP contribution in [0.4, 0.5) is 11.4 Å². The van der Waals surface area contributed by atoms with Crippen molar-refractivity contribution in [1.29, 1.82) is 0 Å². The highest BCUT2D eigenvalue weighted by atomic mass is 16.4. The highest BCUT2D eigenvalue weighted by molar-refractivity contribution is 5.85. The Morgan fingerprint density at radius 2 is 2.16 bits per heavy atom. The number of rotatable bonds is 6. The van der Waals surface area contributed by atoms with Gasteiger partial charge in [-0.05, 0) is 39.5 Å². The van der Waals surface area contributed by atoms with E-state index < -0.39 is 5.76 Å². The van der Waals surface area contributed by atoms with E-state index in [-0.39, 0.29) is 0 Å². The summed E-state index contributed by atoms with van der Waals surface area (Å²) in [6.07, 6.45) is 2.20. The Labute approximate surface area is 111 Å². The summed E-state index contributed by atoms with van der Waals surface area (Å²) in [5, 5.41) is 3.28. The van der Waals surface area contributed by atoms with Crippen molar-refractivity contribution < 1.29 is 4.42 Å². The maximum atomic E-state index is 11.1. The molecule has 6 heteroatoms. The lowest BCUT2D eigenvalue weighted by Crippen LogP contribution is -2.14. The van der Waals surface area contributed by atoms with Gasteiger partial charge in [0.2, 0.25) is 0 Å². The Morgan fingerprint density at radius 1 is 1.37 bits per heavy atom. The molecule has 4 N–H and O–H groups in total. The van der Waals surface area contributed by atoms with Crippen molar-refractivity contribution in [3.05, 3.63) is 22.7 Å². The van der Waals surface area contributed by atoms with Gasteiger partial charge in [-0.2, -0.15) is 0 Å². The number of nitrogens with two attached hydrogens (primary N) is 1. The number of hydrogen-bond acceptors (Lipinski definition) is 5. The Hall–Kier alpha value is -1.95. The summed E-state index contributed by atoms with van der Waals surface area (Å²) in [6.45, 7) is 1.93. The fourth-order valence-electron chi connectivity index (χ4n) is 1.94. The van der Waals surface area contributed by atoms with Crippen LogP contribution in [0.1, 0.15) is 12.8 Å². The maximum Gasteiger partial charge on any atom is 0.417 e. The van der Waals surface area contributed by atoms with Crippen molar-refractivity contribution in [2.24, 2.45) is 0 Å². The molecule has 19 heavy (non-hydrogen) atoms. The standard InChI is InChI=1S/C13H20N4O2/c1-17(2)6-4-3-5-15-10-8-11-12(7-9(10)14)19-13(18)16-11/h7-8,15H,3-6,14H2,1-2H3,(H,16,18). The van der Waals surface area contributed by atoms with E-state index in [2.05, 4.69) is 29.3 Å². The summed E-state index contributed by atoms with van der Waals surface area (Å²) in [6, 6.07) is 3.47. The van der Waals surface area contributed by atoms with E-state index in [0.29, 0.717) is 16.8 Å². The van der Waals surface area contributed by atoms with Crippen LogP contribution in [0, 0.1) is 0 Å². The Balaban J connectivity index is 1.96. The number of nitrogens with zero attached hydrogens (tertiary/aromatic N) is 1. The minimum absolute atomic E-state index is 0.461. The Kier molecular flexibility index (Phi) is 4.11. The molecule has 0 radical (unpaired) electrons. The first kappa shape index (κ1) is 13.5. The highest BCUT2D eigenvalue weighted by Gasteiger charge is 2.06. The second-order valence-electron chi connectivity index (χ2n) is 4.89. The van der Waals surface area contributed by atoms with Crippen LogP contribution in [-0.4, -0.2) is 37.1 Å². The van der Waals surface area contributed by atoms with Crippen LogP contribution in [0.3, 0.4) is 0 Å². The third-order valence-corrected chi connectivity index (χ3v) is 2.94. The van der Waals surface area contributed by atoms with Gasteiger partial charge in [-0.25, -0.2) is 4.79 Å². The molecule has 0 saturated heterocycles. The van der Waals surface area contributed by atoms with Gasteiger partial charge in [-0.3, -0.25) is 4.98 Å². The van der Waals surface area contributed by atoms with Crippen molar-refractivity contribution in [3.8, 4) is 0 Å². The number of nitrogen functional groups attached to an aromatic ring is 1. The molecule has 6 nitrogen and oxygen atoms in total. The molecule has 1 aromatic heterocycles. The van der Waals surface area contributed by atoms with Gasteiger partial charge in [0, 0.05) is 12.6 Å². The molecule has 2 rings (SSSR count). The first-order chi connectivity index (χ1) is 9.06. The van der Waals surface area contributed by atoms with Crippen molar-refractivity contribution in [1.82, 2.24) is 9.88 Å². The van der Waals surface area contributed by atoms with E-state index in [1.807, 2.05) is 6.07 Å². The van der Waals surface area contributed by atoms with E-state index >= 15 is 0 Å². The van der Waals surface area contributed by atoms with Gasteiger partial charge >= 0.3 is 5.76 Å². The van der Waals surface area contributed by atoms with E-state index in [4.69, 9.17) is 10.2 Å². The van der Waals surface area contributed by atoms with Crippen molar-refractivity contribution in [3.63, 3.8) is 0 Å². The fourth-order valence-corrected chi connectivity index (χ4v) is 1.94. The SMILES string of the molecule is CN(C)CCCCNc1cc2[nH]c(=O)oc2cc1N.